The normalized spacial score (nSPS) is 17.1. The van der Waals surface area contributed by atoms with Gasteiger partial charge in [0.25, 0.3) is 0 Å². The summed E-state index contributed by atoms with van der Waals surface area (Å²) in [5.41, 5.74) is 2.63. The van der Waals surface area contributed by atoms with E-state index in [-0.39, 0.29) is 12.6 Å². The van der Waals surface area contributed by atoms with Crippen LogP contribution in [0, 0.1) is 0 Å². The smallest absolute Gasteiger partial charge is 0.338 e. The molecule has 1 N–H and O–H groups in total. The summed E-state index contributed by atoms with van der Waals surface area (Å²) < 4.78 is 5.50. The van der Waals surface area contributed by atoms with Crippen LogP contribution in [-0.4, -0.2) is 23.9 Å². The molecule has 1 heterocycles. The number of ether oxygens (including phenoxy) is 1. The monoisotopic (exact) mass is 370 g/mol. The van der Waals surface area contributed by atoms with Gasteiger partial charge in [-0.15, -0.1) is 0 Å². The summed E-state index contributed by atoms with van der Waals surface area (Å²) >= 11 is 5.95. The number of amides is 2. The van der Waals surface area contributed by atoms with Gasteiger partial charge in [-0.1, -0.05) is 54.1 Å². The summed E-state index contributed by atoms with van der Waals surface area (Å²) in [6.07, 6.45) is 0. The Hall–Kier alpha value is -2.79. The van der Waals surface area contributed by atoms with Gasteiger partial charge in [0, 0.05) is 17.8 Å². The predicted molar refractivity (Wildman–Crippen MR) is 99.4 cm³/mol. The Morgan fingerprint density at radius 2 is 1.81 bits per heavy atom. The molecular weight excluding hydrogens is 352 g/mol. The number of rotatable bonds is 4. The number of hydrogen-bond donors (Lipinski definition) is 1. The van der Waals surface area contributed by atoms with E-state index in [2.05, 4.69) is 5.32 Å². The van der Waals surface area contributed by atoms with Crippen molar-refractivity contribution in [1.82, 2.24) is 10.2 Å². The lowest BCUT2D eigenvalue weighted by Gasteiger charge is -2.33. The zero-order chi connectivity index (χ0) is 18.7. The van der Waals surface area contributed by atoms with E-state index in [4.69, 9.17) is 16.3 Å². The van der Waals surface area contributed by atoms with E-state index >= 15 is 0 Å². The number of esters is 1. The lowest BCUT2D eigenvalue weighted by molar-refractivity contribution is -0.141. The molecule has 3 rings (SSSR count). The minimum Gasteiger partial charge on any atom is -0.457 e. The fraction of sp³-hybridized carbons (Fsp3) is 0.200. The van der Waals surface area contributed by atoms with Crippen LogP contribution in [0.1, 0.15) is 24.1 Å². The van der Waals surface area contributed by atoms with Gasteiger partial charge in [0.05, 0.1) is 11.6 Å². The molecule has 0 saturated heterocycles. The summed E-state index contributed by atoms with van der Waals surface area (Å²) in [6, 6.07) is 15.6. The Kier molecular flexibility index (Phi) is 5.28. The maximum absolute atomic E-state index is 12.8. The first-order valence-corrected chi connectivity index (χ1v) is 8.56. The molecule has 0 fully saturated rings. The van der Waals surface area contributed by atoms with Gasteiger partial charge in [-0.25, -0.2) is 9.59 Å². The van der Waals surface area contributed by atoms with Crippen molar-refractivity contribution in [2.24, 2.45) is 0 Å². The van der Waals surface area contributed by atoms with Crippen LogP contribution in [-0.2, 0) is 16.1 Å². The highest BCUT2D eigenvalue weighted by Crippen LogP contribution is 2.31. The maximum Gasteiger partial charge on any atom is 0.338 e. The maximum atomic E-state index is 12.8. The summed E-state index contributed by atoms with van der Waals surface area (Å²) in [7, 11) is 1.62. The molecule has 6 heteroatoms. The van der Waals surface area contributed by atoms with E-state index in [1.165, 1.54) is 4.90 Å². The van der Waals surface area contributed by atoms with Gasteiger partial charge in [-0.3, -0.25) is 0 Å². The number of hydrogen-bond acceptors (Lipinski definition) is 3. The number of halogens is 1. The van der Waals surface area contributed by atoms with E-state index < -0.39 is 12.0 Å². The molecule has 0 bridgehead atoms. The fourth-order valence-corrected chi connectivity index (χ4v) is 2.93. The topological polar surface area (TPSA) is 58.6 Å². The lowest BCUT2D eigenvalue weighted by Crippen LogP contribution is -2.46. The standard InChI is InChI=1S/C20H19ClN2O3/c1-13-17(19(24)26-12-14-6-4-3-5-7-14)18(22-20(25)23(13)2)15-8-10-16(21)11-9-15/h3-11,18H,12H2,1-2H3,(H,22,25). The predicted octanol–water partition coefficient (Wildman–Crippen LogP) is 4.05. The molecule has 1 unspecified atom stereocenters. The van der Waals surface area contributed by atoms with Gasteiger partial charge in [0.15, 0.2) is 0 Å². The largest absolute Gasteiger partial charge is 0.457 e. The second kappa shape index (κ2) is 7.62. The highest BCUT2D eigenvalue weighted by atomic mass is 35.5. The summed E-state index contributed by atoms with van der Waals surface area (Å²) in [4.78, 5) is 26.4. The first kappa shape index (κ1) is 18.0. The van der Waals surface area contributed by atoms with Crippen LogP contribution in [0.15, 0.2) is 65.9 Å². The summed E-state index contributed by atoms with van der Waals surface area (Å²) in [5, 5.41) is 3.43. The zero-order valence-corrected chi connectivity index (χ0v) is 15.3. The van der Waals surface area contributed by atoms with E-state index in [0.29, 0.717) is 16.3 Å². The van der Waals surface area contributed by atoms with Crippen molar-refractivity contribution in [3.63, 3.8) is 0 Å². The molecule has 5 nitrogen and oxygen atoms in total. The van der Waals surface area contributed by atoms with Crippen molar-refractivity contribution in [1.29, 1.82) is 0 Å². The molecule has 0 aromatic heterocycles. The average molecular weight is 371 g/mol. The number of benzene rings is 2. The molecule has 1 aliphatic heterocycles. The number of carbonyl (C=O) groups is 2. The Labute approximate surface area is 157 Å². The lowest BCUT2D eigenvalue weighted by atomic mass is 9.95. The number of urea groups is 1. The van der Waals surface area contributed by atoms with Gasteiger partial charge in [0.2, 0.25) is 0 Å². The minimum absolute atomic E-state index is 0.168. The molecule has 2 aromatic rings. The van der Waals surface area contributed by atoms with Crippen LogP contribution in [0.25, 0.3) is 0 Å². The van der Waals surface area contributed by atoms with Crippen LogP contribution in [0.5, 0.6) is 0 Å². The van der Waals surface area contributed by atoms with Crippen molar-refractivity contribution in [2.45, 2.75) is 19.6 Å². The van der Waals surface area contributed by atoms with Crippen LogP contribution in [0.3, 0.4) is 0 Å². The average Bonchev–Trinajstić information content (AvgIpc) is 2.65. The number of nitrogens with zero attached hydrogens (tertiary/aromatic N) is 1. The highest BCUT2D eigenvalue weighted by molar-refractivity contribution is 6.30. The first-order chi connectivity index (χ1) is 12.5. The quantitative estimate of drug-likeness (QED) is 0.826. The SMILES string of the molecule is CC1=C(C(=O)OCc2ccccc2)C(c2ccc(Cl)cc2)NC(=O)N1C. The summed E-state index contributed by atoms with van der Waals surface area (Å²) in [5.74, 6) is -0.460. The van der Waals surface area contributed by atoms with Crippen LogP contribution in [0.4, 0.5) is 4.79 Å². The molecule has 0 radical (unpaired) electrons. The Balaban J connectivity index is 1.89. The van der Waals surface area contributed by atoms with Gasteiger partial charge in [-0.05, 0) is 30.2 Å². The van der Waals surface area contributed by atoms with Gasteiger partial charge in [-0.2, -0.15) is 0 Å². The van der Waals surface area contributed by atoms with E-state index in [1.807, 2.05) is 30.3 Å². The van der Waals surface area contributed by atoms with Crippen molar-refractivity contribution < 1.29 is 14.3 Å². The van der Waals surface area contributed by atoms with Gasteiger partial charge in [0.1, 0.15) is 6.61 Å². The molecule has 1 atom stereocenters. The molecular formula is C20H19ClN2O3. The first-order valence-electron chi connectivity index (χ1n) is 8.19. The highest BCUT2D eigenvalue weighted by Gasteiger charge is 2.34. The Morgan fingerprint density at radius 3 is 2.46 bits per heavy atom. The molecule has 26 heavy (non-hydrogen) atoms. The van der Waals surface area contributed by atoms with Crippen molar-refractivity contribution in [3.8, 4) is 0 Å². The van der Waals surface area contributed by atoms with Gasteiger partial charge >= 0.3 is 12.0 Å². The van der Waals surface area contributed by atoms with Gasteiger partial charge < -0.3 is 15.0 Å². The van der Waals surface area contributed by atoms with Crippen molar-refractivity contribution >= 4 is 23.6 Å². The molecule has 134 valence electrons. The molecule has 0 aliphatic carbocycles. The van der Waals surface area contributed by atoms with Crippen molar-refractivity contribution in [3.05, 3.63) is 82.0 Å². The van der Waals surface area contributed by atoms with Crippen molar-refractivity contribution in [2.75, 3.05) is 7.05 Å². The minimum atomic E-state index is -0.584. The molecule has 1 aliphatic rings. The third kappa shape index (κ3) is 3.73. The second-order valence-electron chi connectivity index (χ2n) is 6.05. The molecule has 2 amide bonds. The molecule has 2 aromatic carbocycles. The van der Waals surface area contributed by atoms with E-state index in [0.717, 1.165) is 11.1 Å². The second-order valence-corrected chi connectivity index (χ2v) is 6.49. The third-order valence-corrected chi connectivity index (χ3v) is 4.64. The van der Waals surface area contributed by atoms with Crippen LogP contribution >= 0.6 is 11.6 Å². The van der Waals surface area contributed by atoms with E-state index in [9.17, 15) is 9.59 Å². The van der Waals surface area contributed by atoms with Crippen LogP contribution in [0.2, 0.25) is 5.02 Å². The summed E-state index contributed by atoms with van der Waals surface area (Å²) in [6.45, 7) is 1.90. The van der Waals surface area contributed by atoms with Crippen LogP contribution < -0.4 is 5.32 Å². The Morgan fingerprint density at radius 1 is 1.15 bits per heavy atom. The number of carbonyl (C=O) groups excluding carboxylic acids is 2. The Bertz CT molecular complexity index is 847. The third-order valence-electron chi connectivity index (χ3n) is 4.39. The zero-order valence-electron chi connectivity index (χ0n) is 14.5. The fourth-order valence-electron chi connectivity index (χ4n) is 2.81. The molecule has 0 spiro atoms. The number of allylic oxidation sites excluding steroid dienone is 1. The number of nitrogens with one attached hydrogen (secondary N) is 1. The van der Waals surface area contributed by atoms with E-state index in [1.54, 1.807) is 38.2 Å². The molecule has 0 saturated carbocycles.